The molecule has 9 aliphatic carbocycles. The van der Waals surface area contributed by atoms with Crippen LogP contribution in [-0.2, 0) is 75.6 Å². The lowest BCUT2D eigenvalue weighted by Crippen LogP contribution is -2.54. The molecule has 15 nitrogen and oxygen atoms in total. The van der Waals surface area contributed by atoms with Crippen molar-refractivity contribution in [2.24, 2.45) is 141 Å². The average Bonchev–Trinajstić information content (AvgIpc) is 1.62. The zero-order chi connectivity index (χ0) is 112. The second kappa shape index (κ2) is 51.6. The molecule has 3 aromatic heterocycles. The van der Waals surface area contributed by atoms with E-state index in [0.29, 0.717) is 135 Å². The minimum absolute atomic E-state index is 0.128. The van der Waals surface area contributed by atoms with Gasteiger partial charge in [-0.15, -0.1) is 0 Å². The fraction of sp³-hybridized carbons (Fsp3) is 0.843. The van der Waals surface area contributed by atoms with E-state index in [9.17, 15) is 29.1 Å². The summed E-state index contributed by atoms with van der Waals surface area (Å²) in [5, 5.41) is 18.8. The SMILES string of the molecule is CC(=O)C1CCC(C(C)C)(C(C)(C)C)CC1.CC(=O)C1CCC(n2cc3c(n2)CCC(C(C)C)(C(C)(C)C)C3)CC1.CC(=O)CCn1ncc2c1CCC(C(C)C)(C(C)(C)C)C2.CC(=O)N1CCN(C2CCC(C(C)C)(C(C)(C)C)CC2)CC1.CC(C)C1(C(C)(C)C)CCC(N2CCN(Cc3ccccc3)CC2)CC1.CC(C)C1(C(C)(C)C)CCc2c(ccn2C2CCC(C(=O)O)CC2)C1.CC1CCC(C(C)C)(C(C)(C)C)CC1. The number of carbonyl (C=O) groups is 5. The van der Waals surface area contributed by atoms with Crippen molar-refractivity contribution in [3.63, 3.8) is 0 Å². The number of amides is 1. The summed E-state index contributed by atoms with van der Waals surface area (Å²) in [7, 11) is 0. The third-order valence-electron chi connectivity index (χ3n) is 44.7. The van der Waals surface area contributed by atoms with Crippen LogP contribution < -0.4 is 0 Å². The molecule has 1 amide bonds. The first kappa shape index (κ1) is 127. The number of ketones is 3. The molecule has 0 radical (unpaired) electrons. The standard InChI is InChI=1S/C24H40N2.C22H36N2O.C22H35NO2.C19H36N2O.C18H30N2O.C15H28O.C14H28/c1-20(2)24(23(3,4)5)13-11-22(12-14-24)26-17-15-25(16-18-26)19-21-9-7-6-8-10-21;1-15(2)22(21(4,5)6)12-11-20-18(13-22)14-24(23-20)19-9-7-17(8-10-19)16(3)25;1-15(2)22(21(3,4)5)12-10-19-17(14-22)11-13-23(19)18-8-6-16(7-9-18)20(24)25;1-15(2)19(18(4,5)6)9-7-17(8-10-19)21-13-11-20(12-14-21)16(3)22;1-13(2)18(17(4,5)6)9-7-16-15(11-18)12-19-20(16)10-8-14(3)21;1-11(2)15(14(4,5)6)9-7-13(8-10-15)12(3)16;1-11(2)14(13(4,5)6)9-7-12(3)8-10-14/h6-10,20,22H,11-19H2,1-5H3;14-15,17,19H,7-13H2,1-6H3;11,13,15-16,18H,6-10,12,14H2,1-5H3,(H,24,25);15,17H,7-14H2,1-6H3;12-13H,7-11H2,1-6H3;11,13H,7-10H2,1-6H3;11-12H,7-10H2,1-6H3. The van der Waals surface area contributed by atoms with E-state index >= 15 is 0 Å². The van der Waals surface area contributed by atoms with Crippen molar-refractivity contribution in [1.82, 2.24) is 43.7 Å². The van der Waals surface area contributed by atoms with Crippen molar-refractivity contribution < 1.29 is 29.1 Å². The van der Waals surface area contributed by atoms with Crippen LogP contribution in [0.2, 0.25) is 0 Å². The molecule has 3 unspecified atom stereocenters. The first-order valence-electron chi connectivity index (χ1n) is 61.5. The van der Waals surface area contributed by atoms with E-state index in [2.05, 4.69) is 332 Å². The summed E-state index contributed by atoms with van der Waals surface area (Å²) in [6.45, 7) is 104. The Hall–Kier alpha value is -5.25. The number of benzene rings is 1. The number of hydrogen-bond donors (Lipinski definition) is 1. The number of carboxylic acids is 1. The molecule has 5 heterocycles. The zero-order valence-electron chi connectivity index (χ0n) is 104. The molecule has 0 spiro atoms. The highest BCUT2D eigenvalue weighted by molar-refractivity contribution is 5.79. The number of Topliss-reactive ketones (excluding diaryl/α,β-unsaturated/α-hetero) is 3. The van der Waals surface area contributed by atoms with Gasteiger partial charge in [0.1, 0.15) is 17.3 Å². The van der Waals surface area contributed by atoms with Crippen molar-refractivity contribution in [3.05, 3.63) is 94.3 Å². The van der Waals surface area contributed by atoms with E-state index in [1.54, 1.807) is 27.7 Å². The lowest BCUT2D eigenvalue weighted by atomic mass is 9.53. The van der Waals surface area contributed by atoms with Gasteiger partial charge in [-0.3, -0.25) is 48.0 Å². The number of carboxylic acid groups (broad SMARTS) is 1. The minimum atomic E-state index is -0.611. The van der Waals surface area contributed by atoms with Gasteiger partial charge < -0.3 is 14.6 Å². The summed E-state index contributed by atoms with van der Waals surface area (Å²) >= 11 is 0. The molecule has 850 valence electrons. The third kappa shape index (κ3) is 29.9. The Morgan fingerprint density at radius 2 is 0.718 bits per heavy atom. The van der Waals surface area contributed by atoms with Gasteiger partial charge in [-0.2, -0.15) is 10.2 Å². The normalized spacial score (nSPS) is 29.8. The molecule has 3 atom stereocenters. The monoisotopic (exact) mass is 2060 g/mol. The van der Waals surface area contributed by atoms with Gasteiger partial charge in [-0.1, -0.05) is 292 Å². The predicted octanol–water partition coefficient (Wildman–Crippen LogP) is 33.5. The van der Waals surface area contributed by atoms with E-state index in [1.807, 2.05) is 11.1 Å². The van der Waals surface area contributed by atoms with Crippen LogP contribution in [0.25, 0.3) is 0 Å². The molecule has 2 saturated heterocycles. The van der Waals surface area contributed by atoms with E-state index in [4.69, 9.17) is 5.10 Å². The molecule has 8 fully saturated rings. The highest BCUT2D eigenvalue weighted by Gasteiger charge is 2.55. The number of fused-ring (bicyclic) bond motifs is 3. The number of aryl methyl sites for hydroxylation is 2. The van der Waals surface area contributed by atoms with Gasteiger partial charge >= 0.3 is 5.97 Å². The van der Waals surface area contributed by atoms with Crippen LogP contribution in [0.3, 0.4) is 0 Å². The molecule has 11 aliphatic rings. The molecular formula is C134H233N9O6. The highest BCUT2D eigenvalue weighted by atomic mass is 16.4. The Labute approximate surface area is 916 Å². The molecule has 0 bridgehead atoms. The smallest absolute Gasteiger partial charge is 0.306 e. The Morgan fingerprint density at radius 3 is 1.09 bits per heavy atom. The quantitative estimate of drug-likeness (QED) is 0.0952. The molecule has 15 rings (SSSR count). The molecule has 15 heteroatoms. The van der Waals surface area contributed by atoms with Gasteiger partial charge in [-0.05, 0) is 371 Å². The van der Waals surface area contributed by atoms with E-state index in [1.165, 1.54) is 181 Å². The van der Waals surface area contributed by atoms with Gasteiger partial charge in [0.25, 0.3) is 0 Å². The van der Waals surface area contributed by atoms with Crippen molar-refractivity contribution in [1.29, 1.82) is 0 Å². The first-order valence-corrected chi connectivity index (χ1v) is 61.5. The minimum Gasteiger partial charge on any atom is -0.481 e. The summed E-state index contributed by atoms with van der Waals surface area (Å²) in [4.78, 5) is 67.0. The van der Waals surface area contributed by atoms with Crippen LogP contribution in [0.15, 0.2) is 55.0 Å². The van der Waals surface area contributed by atoms with Crippen LogP contribution in [0.4, 0.5) is 0 Å². The van der Waals surface area contributed by atoms with Gasteiger partial charge in [0.2, 0.25) is 5.91 Å². The molecule has 6 saturated carbocycles. The largest absolute Gasteiger partial charge is 0.481 e. The molecule has 2 aliphatic heterocycles. The van der Waals surface area contributed by atoms with Crippen molar-refractivity contribution in [2.45, 2.75) is 533 Å². The number of nitrogens with zero attached hydrogens (tertiary/aromatic N) is 9. The second-order valence-electron chi connectivity index (χ2n) is 60.4. The first-order chi connectivity index (χ1) is 69.0. The Balaban J connectivity index is 0.000000195. The summed E-state index contributed by atoms with van der Waals surface area (Å²) < 4.78 is 6.81. The van der Waals surface area contributed by atoms with Gasteiger partial charge in [-0.25, -0.2) is 0 Å². The van der Waals surface area contributed by atoms with Crippen LogP contribution in [0.1, 0.15) is 508 Å². The number of carbonyl (C=O) groups excluding carboxylic acids is 4. The lowest BCUT2D eigenvalue weighted by Gasteiger charge is -2.54. The van der Waals surface area contributed by atoms with Crippen LogP contribution in [-0.4, -0.2) is 143 Å². The average molecular weight is 2070 g/mol. The van der Waals surface area contributed by atoms with Crippen molar-refractivity contribution in [3.8, 4) is 0 Å². The molecular weight excluding hydrogens is 1830 g/mol. The van der Waals surface area contributed by atoms with E-state index in [-0.39, 0.29) is 23.5 Å². The third-order valence-corrected chi connectivity index (χ3v) is 44.7. The highest BCUT2D eigenvalue weighted by Crippen LogP contribution is 2.62. The summed E-state index contributed by atoms with van der Waals surface area (Å²) in [6.07, 6.45) is 47.1. The fourth-order valence-corrected chi connectivity index (χ4v) is 33.4. The second-order valence-corrected chi connectivity index (χ2v) is 60.4. The molecule has 1 aromatic carbocycles. The number of piperazine rings is 2. The van der Waals surface area contributed by atoms with Gasteiger partial charge in [0, 0.05) is 133 Å². The zero-order valence-corrected chi connectivity index (χ0v) is 104. The molecule has 149 heavy (non-hydrogen) atoms. The Morgan fingerprint density at radius 1 is 0.369 bits per heavy atom. The topological polar surface area (TPSA) is 159 Å². The van der Waals surface area contributed by atoms with E-state index in [0.717, 1.165) is 171 Å². The number of aliphatic carboxylic acids is 1. The maximum absolute atomic E-state index is 11.6. The lowest BCUT2D eigenvalue weighted by molar-refractivity contribution is -0.143. The summed E-state index contributed by atoms with van der Waals surface area (Å²) in [5.74, 6) is 7.17. The Bertz CT molecular complexity index is 4750. The van der Waals surface area contributed by atoms with Crippen molar-refractivity contribution in [2.75, 3.05) is 52.4 Å². The summed E-state index contributed by atoms with van der Waals surface area (Å²) in [6, 6.07) is 15.8. The van der Waals surface area contributed by atoms with E-state index < -0.39 is 5.97 Å². The molecule has 4 aromatic rings. The maximum atomic E-state index is 11.6. The molecule has 1 N–H and O–H groups in total. The van der Waals surface area contributed by atoms with Crippen LogP contribution >= 0.6 is 0 Å². The van der Waals surface area contributed by atoms with Crippen molar-refractivity contribution >= 4 is 29.2 Å². The predicted molar refractivity (Wildman–Crippen MR) is 630 cm³/mol. The van der Waals surface area contributed by atoms with Crippen LogP contribution in [0, 0.1) is 141 Å². The number of hydrogen-bond acceptors (Lipinski definition) is 10. The number of aromatic nitrogens is 5. The number of rotatable bonds is 19. The van der Waals surface area contributed by atoms with Gasteiger partial charge in [0.15, 0.2) is 0 Å². The van der Waals surface area contributed by atoms with Crippen LogP contribution in [0.5, 0.6) is 0 Å². The Kier molecular flexibility index (Phi) is 44.1. The maximum Gasteiger partial charge on any atom is 0.306 e. The van der Waals surface area contributed by atoms with Gasteiger partial charge in [0.05, 0.1) is 23.9 Å². The summed E-state index contributed by atoms with van der Waals surface area (Å²) in [5.41, 5.74) is 15.7. The fourth-order valence-electron chi connectivity index (χ4n) is 33.4.